The van der Waals surface area contributed by atoms with Gasteiger partial charge >= 0.3 is 0 Å². The number of phenolic OH excluding ortho intramolecular Hbond substituents is 1. The van der Waals surface area contributed by atoms with Gasteiger partial charge in [0.15, 0.2) is 11.5 Å². The number of aromatic hydroxyl groups is 1. The Kier molecular flexibility index (Phi) is 3.79. The van der Waals surface area contributed by atoms with Crippen LogP contribution < -0.4 is 15.8 Å². The third kappa shape index (κ3) is 2.51. The summed E-state index contributed by atoms with van der Waals surface area (Å²) in [7, 11) is 1.43. The molecule has 5 nitrogen and oxygen atoms in total. The third-order valence-electron chi connectivity index (χ3n) is 3.01. The SMILES string of the molecule is COc1cccc(C(=O)Nc2c(C)cccc2N)c1O. The molecule has 2 aromatic rings. The minimum absolute atomic E-state index is 0.131. The van der Waals surface area contributed by atoms with Crippen molar-refractivity contribution in [2.45, 2.75) is 6.92 Å². The summed E-state index contributed by atoms with van der Waals surface area (Å²) in [5.74, 6) is -0.391. The van der Waals surface area contributed by atoms with E-state index in [1.54, 1.807) is 18.2 Å². The molecule has 4 N–H and O–H groups in total. The quantitative estimate of drug-likeness (QED) is 0.750. The van der Waals surface area contributed by atoms with Gasteiger partial charge in [0.1, 0.15) is 0 Å². The molecule has 0 bridgehead atoms. The minimum Gasteiger partial charge on any atom is -0.504 e. The van der Waals surface area contributed by atoms with E-state index in [1.807, 2.05) is 19.1 Å². The van der Waals surface area contributed by atoms with Crippen LogP contribution in [0.15, 0.2) is 36.4 Å². The molecule has 0 aromatic heterocycles. The predicted molar refractivity (Wildman–Crippen MR) is 78.2 cm³/mol. The van der Waals surface area contributed by atoms with E-state index >= 15 is 0 Å². The highest BCUT2D eigenvalue weighted by Gasteiger charge is 2.16. The molecule has 1 amide bonds. The van der Waals surface area contributed by atoms with Crippen molar-refractivity contribution in [2.75, 3.05) is 18.2 Å². The van der Waals surface area contributed by atoms with Crippen LogP contribution in [0, 0.1) is 6.92 Å². The van der Waals surface area contributed by atoms with Gasteiger partial charge in [-0.2, -0.15) is 0 Å². The number of aryl methyl sites for hydroxylation is 1. The second-order valence-corrected chi connectivity index (χ2v) is 4.35. The lowest BCUT2D eigenvalue weighted by Crippen LogP contribution is -2.14. The fourth-order valence-corrected chi connectivity index (χ4v) is 1.91. The molecule has 0 spiro atoms. The highest BCUT2D eigenvalue weighted by atomic mass is 16.5. The van der Waals surface area contributed by atoms with E-state index in [9.17, 15) is 9.90 Å². The summed E-state index contributed by atoms with van der Waals surface area (Å²) < 4.78 is 4.98. The Morgan fingerprint density at radius 3 is 2.60 bits per heavy atom. The Labute approximate surface area is 117 Å². The average molecular weight is 272 g/mol. The molecule has 0 aliphatic rings. The zero-order chi connectivity index (χ0) is 14.7. The number of nitrogens with one attached hydrogen (secondary N) is 1. The fourth-order valence-electron chi connectivity index (χ4n) is 1.91. The molecule has 5 heteroatoms. The Bertz CT molecular complexity index is 633. The van der Waals surface area contributed by atoms with Crippen molar-refractivity contribution >= 4 is 17.3 Å². The molecule has 0 aliphatic carbocycles. The van der Waals surface area contributed by atoms with Crippen molar-refractivity contribution in [1.82, 2.24) is 0 Å². The molecular weight excluding hydrogens is 256 g/mol. The molecule has 104 valence electrons. The van der Waals surface area contributed by atoms with Gasteiger partial charge < -0.3 is 20.9 Å². The lowest BCUT2D eigenvalue weighted by molar-refractivity contribution is 0.102. The molecule has 0 radical (unpaired) electrons. The normalized spacial score (nSPS) is 10.1. The second kappa shape index (κ2) is 5.52. The van der Waals surface area contributed by atoms with Gasteiger partial charge in [-0.15, -0.1) is 0 Å². The first-order valence-corrected chi connectivity index (χ1v) is 6.07. The van der Waals surface area contributed by atoms with E-state index < -0.39 is 5.91 Å². The lowest BCUT2D eigenvalue weighted by atomic mass is 10.1. The smallest absolute Gasteiger partial charge is 0.259 e. The number of methoxy groups -OCH3 is 1. The number of hydrogen-bond acceptors (Lipinski definition) is 4. The van der Waals surface area contributed by atoms with Crippen molar-refractivity contribution in [3.8, 4) is 11.5 Å². The Balaban J connectivity index is 2.34. The lowest BCUT2D eigenvalue weighted by Gasteiger charge is -2.12. The van der Waals surface area contributed by atoms with Gasteiger partial charge in [0.25, 0.3) is 5.91 Å². The maximum Gasteiger partial charge on any atom is 0.259 e. The van der Waals surface area contributed by atoms with Crippen LogP contribution in [0.2, 0.25) is 0 Å². The number of carbonyl (C=O) groups excluding carboxylic acids is 1. The first kappa shape index (κ1) is 13.7. The van der Waals surface area contributed by atoms with Crippen LogP contribution in [0.1, 0.15) is 15.9 Å². The summed E-state index contributed by atoms with van der Waals surface area (Å²) in [6.45, 7) is 1.84. The van der Waals surface area contributed by atoms with Gasteiger partial charge in [-0.3, -0.25) is 4.79 Å². The maximum atomic E-state index is 12.2. The van der Waals surface area contributed by atoms with Crippen LogP contribution in [0.5, 0.6) is 11.5 Å². The van der Waals surface area contributed by atoms with Crippen LogP contribution in [0.3, 0.4) is 0 Å². The van der Waals surface area contributed by atoms with Crippen LogP contribution in [-0.2, 0) is 0 Å². The predicted octanol–water partition coefficient (Wildman–Crippen LogP) is 2.54. The molecule has 2 rings (SSSR count). The maximum absolute atomic E-state index is 12.2. The summed E-state index contributed by atoms with van der Waals surface area (Å²) in [4.78, 5) is 12.2. The van der Waals surface area contributed by atoms with Crippen LogP contribution >= 0.6 is 0 Å². The Hall–Kier alpha value is -2.69. The summed E-state index contributed by atoms with van der Waals surface area (Å²) in [5, 5.41) is 12.7. The number of ether oxygens (including phenoxy) is 1. The zero-order valence-electron chi connectivity index (χ0n) is 11.3. The number of carbonyl (C=O) groups is 1. The van der Waals surface area contributed by atoms with E-state index in [4.69, 9.17) is 10.5 Å². The van der Waals surface area contributed by atoms with Crippen LogP contribution in [-0.4, -0.2) is 18.1 Å². The molecule has 20 heavy (non-hydrogen) atoms. The minimum atomic E-state index is -0.442. The van der Waals surface area contributed by atoms with E-state index in [0.717, 1.165) is 5.56 Å². The van der Waals surface area contributed by atoms with E-state index in [0.29, 0.717) is 11.4 Å². The molecule has 0 atom stereocenters. The van der Waals surface area contributed by atoms with E-state index in [-0.39, 0.29) is 17.1 Å². The third-order valence-corrected chi connectivity index (χ3v) is 3.01. The van der Waals surface area contributed by atoms with Gasteiger partial charge in [0.05, 0.1) is 24.0 Å². The number of para-hydroxylation sites is 2. The fraction of sp³-hybridized carbons (Fsp3) is 0.133. The number of nitrogen functional groups attached to an aromatic ring is 1. The van der Waals surface area contributed by atoms with Gasteiger partial charge in [0.2, 0.25) is 0 Å². The van der Waals surface area contributed by atoms with Gasteiger partial charge in [0, 0.05) is 0 Å². The van der Waals surface area contributed by atoms with Gasteiger partial charge in [-0.1, -0.05) is 18.2 Å². The Morgan fingerprint density at radius 2 is 1.95 bits per heavy atom. The standard InChI is InChI=1S/C15H16N2O3/c1-9-5-3-7-11(16)13(9)17-15(19)10-6-4-8-12(20-2)14(10)18/h3-8,18H,16H2,1-2H3,(H,17,19). The number of anilines is 2. The van der Waals surface area contributed by atoms with Gasteiger partial charge in [-0.25, -0.2) is 0 Å². The zero-order valence-corrected chi connectivity index (χ0v) is 11.3. The number of rotatable bonds is 3. The van der Waals surface area contributed by atoms with Crippen LogP contribution in [0.4, 0.5) is 11.4 Å². The number of phenols is 1. The summed E-state index contributed by atoms with van der Waals surface area (Å²) in [6, 6.07) is 10.1. The van der Waals surface area contributed by atoms with Crippen molar-refractivity contribution < 1.29 is 14.6 Å². The summed E-state index contributed by atoms with van der Waals surface area (Å²) >= 11 is 0. The number of benzene rings is 2. The molecular formula is C15H16N2O3. The second-order valence-electron chi connectivity index (χ2n) is 4.35. The molecule has 0 unspecified atom stereocenters. The van der Waals surface area contributed by atoms with Crippen molar-refractivity contribution in [2.24, 2.45) is 0 Å². The van der Waals surface area contributed by atoms with Crippen molar-refractivity contribution in [3.63, 3.8) is 0 Å². The molecule has 0 saturated carbocycles. The largest absolute Gasteiger partial charge is 0.504 e. The highest BCUT2D eigenvalue weighted by molar-refractivity contribution is 6.08. The molecule has 0 saturated heterocycles. The molecule has 2 aromatic carbocycles. The van der Waals surface area contributed by atoms with E-state index in [1.165, 1.54) is 13.2 Å². The average Bonchev–Trinajstić information content (AvgIpc) is 2.43. The van der Waals surface area contributed by atoms with Crippen molar-refractivity contribution in [3.05, 3.63) is 47.5 Å². The molecule has 0 aliphatic heterocycles. The molecule has 0 fully saturated rings. The van der Waals surface area contributed by atoms with E-state index in [2.05, 4.69) is 5.32 Å². The topological polar surface area (TPSA) is 84.6 Å². The monoisotopic (exact) mass is 272 g/mol. The number of hydrogen-bond donors (Lipinski definition) is 3. The number of amides is 1. The highest BCUT2D eigenvalue weighted by Crippen LogP contribution is 2.31. The van der Waals surface area contributed by atoms with Crippen molar-refractivity contribution in [1.29, 1.82) is 0 Å². The summed E-state index contributed by atoms with van der Waals surface area (Å²) in [5.41, 5.74) is 7.83. The first-order valence-electron chi connectivity index (χ1n) is 6.07. The Morgan fingerprint density at radius 1 is 1.25 bits per heavy atom. The van der Waals surface area contributed by atoms with Gasteiger partial charge in [-0.05, 0) is 30.7 Å². The van der Waals surface area contributed by atoms with Crippen LogP contribution in [0.25, 0.3) is 0 Å². The molecule has 0 heterocycles. The number of nitrogens with two attached hydrogens (primary N) is 1. The summed E-state index contributed by atoms with van der Waals surface area (Å²) in [6.07, 6.45) is 0. The first-order chi connectivity index (χ1) is 9.54.